The predicted molar refractivity (Wildman–Crippen MR) is 105 cm³/mol. The average Bonchev–Trinajstić information content (AvgIpc) is 2.56. The van der Waals surface area contributed by atoms with Gasteiger partial charge in [-0.2, -0.15) is 0 Å². The zero-order valence-electron chi connectivity index (χ0n) is 12.3. The third kappa shape index (κ3) is 3.92. The van der Waals surface area contributed by atoms with Gasteiger partial charge in [-0.25, -0.2) is 4.99 Å². The van der Waals surface area contributed by atoms with Crippen LogP contribution in [0.4, 0.5) is 5.69 Å². The van der Waals surface area contributed by atoms with Crippen molar-refractivity contribution in [1.29, 1.82) is 0 Å². The smallest absolute Gasteiger partial charge is 0.193 e. The summed E-state index contributed by atoms with van der Waals surface area (Å²) in [6.45, 7) is 0.504. The van der Waals surface area contributed by atoms with Crippen molar-refractivity contribution in [2.45, 2.75) is 6.54 Å². The van der Waals surface area contributed by atoms with Crippen LogP contribution in [0.2, 0.25) is 0 Å². The van der Waals surface area contributed by atoms with Crippen LogP contribution in [0.3, 0.4) is 0 Å². The van der Waals surface area contributed by atoms with Crippen LogP contribution in [0.15, 0.2) is 74.6 Å². The van der Waals surface area contributed by atoms with Crippen molar-refractivity contribution < 1.29 is 0 Å². The van der Waals surface area contributed by atoms with Crippen molar-refractivity contribution in [3.8, 4) is 0 Å². The van der Waals surface area contributed by atoms with E-state index in [4.69, 9.17) is 5.73 Å². The summed E-state index contributed by atoms with van der Waals surface area (Å²) in [7, 11) is 0. The Kier molecular flexibility index (Phi) is 4.98. The number of benzene rings is 3. The van der Waals surface area contributed by atoms with Gasteiger partial charge in [-0.05, 0) is 35.2 Å². The molecule has 0 fully saturated rings. The Hall–Kier alpha value is -1.85. The summed E-state index contributed by atoms with van der Waals surface area (Å²) in [5.41, 5.74) is 8.07. The normalized spacial score (nSPS) is 11.7. The van der Waals surface area contributed by atoms with E-state index < -0.39 is 0 Å². The van der Waals surface area contributed by atoms with Crippen LogP contribution in [0.25, 0.3) is 10.8 Å². The van der Waals surface area contributed by atoms with E-state index in [1.165, 1.54) is 5.39 Å². The third-order valence-electron chi connectivity index (χ3n) is 3.48. The molecular formula is C18H15Br2N3. The second-order valence-electron chi connectivity index (χ2n) is 5.09. The molecule has 3 aromatic carbocycles. The van der Waals surface area contributed by atoms with Gasteiger partial charge in [0.05, 0.1) is 6.54 Å². The number of anilines is 1. The van der Waals surface area contributed by atoms with Gasteiger partial charge in [-0.1, -0.05) is 68.3 Å². The lowest BCUT2D eigenvalue weighted by Crippen LogP contribution is -2.22. The minimum Gasteiger partial charge on any atom is -0.370 e. The summed E-state index contributed by atoms with van der Waals surface area (Å²) < 4.78 is 2.04. The van der Waals surface area contributed by atoms with Gasteiger partial charge in [-0.15, -0.1) is 0 Å². The highest BCUT2D eigenvalue weighted by molar-refractivity contribution is 9.11. The number of rotatable bonds is 3. The first kappa shape index (κ1) is 16.0. The largest absolute Gasteiger partial charge is 0.370 e. The number of halogens is 2. The summed E-state index contributed by atoms with van der Waals surface area (Å²) in [5, 5.41) is 5.48. The Morgan fingerprint density at radius 2 is 1.78 bits per heavy atom. The molecule has 3 nitrogen and oxygen atoms in total. The summed E-state index contributed by atoms with van der Waals surface area (Å²) in [4.78, 5) is 4.43. The van der Waals surface area contributed by atoms with E-state index in [1.54, 1.807) is 0 Å². The Balaban J connectivity index is 1.80. The first-order valence-electron chi connectivity index (χ1n) is 7.12. The molecule has 3 N–H and O–H groups in total. The molecule has 0 saturated carbocycles. The summed E-state index contributed by atoms with van der Waals surface area (Å²) in [6.07, 6.45) is 0. The summed E-state index contributed by atoms with van der Waals surface area (Å²) >= 11 is 7.00. The van der Waals surface area contributed by atoms with E-state index in [-0.39, 0.29) is 0 Å². The first-order chi connectivity index (χ1) is 11.1. The first-order valence-corrected chi connectivity index (χ1v) is 8.71. The van der Waals surface area contributed by atoms with Crippen LogP contribution in [0.1, 0.15) is 5.56 Å². The van der Waals surface area contributed by atoms with E-state index >= 15 is 0 Å². The predicted octanol–water partition coefficient (Wildman–Crippen LogP) is 5.29. The fourth-order valence-electron chi connectivity index (χ4n) is 2.35. The molecule has 0 radical (unpaired) electrons. The lowest BCUT2D eigenvalue weighted by Gasteiger charge is -2.09. The number of nitrogens with one attached hydrogen (secondary N) is 1. The van der Waals surface area contributed by atoms with E-state index in [1.807, 2.05) is 42.5 Å². The van der Waals surface area contributed by atoms with Crippen molar-refractivity contribution in [3.63, 3.8) is 0 Å². The standard InChI is InChI=1S/C18H15Br2N3/c19-14-8-9-16(20)13(10-14)11-22-18(21)23-17-7-3-5-12-4-1-2-6-15(12)17/h1-10H,11H2,(H3,21,22,23). The SMILES string of the molecule is NC(=NCc1cc(Br)ccc1Br)Nc1cccc2ccccc12. The Morgan fingerprint density at radius 3 is 2.65 bits per heavy atom. The number of hydrogen-bond acceptors (Lipinski definition) is 1. The molecule has 116 valence electrons. The lowest BCUT2D eigenvalue weighted by molar-refractivity contribution is 1.05. The molecule has 3 aromatic rings. The molecule has 0 atom stereocenters. The minimum absolute atomic E-state index is 0.397. The maximum atomic E-state index is 6.04. The van der Waals surface area contributed by atoms with Crippen LogP contribution < -0.4 is 11.1 Å². The number of fused-ring (bicyclic) bond motifs is 1. The van der Waals surface area contributed by atoms with Crippen molar-refractivity contribution in [1.82, 2.24) is 0 Å². The molecule has 0 heterocycles. The van der Waals surface area contributed by atoms with Crippen LogP contribution >= 0.6 is 31.9 Å². The Bertz CT molecular complexity index is 870. The van der Waals surface area contributed by atoms with Crippen molar-refractivity contribution in [3.05, 3.63) is 75.2 Å². The van der Waals surface area contributed by atoms with Crippen molar-refractivity contribution in [2.75, 3.05) is 5.32 Å². The number of nitrogens with two attached hydrogens (primary N) is 1. The number of aliphatic imine (C=N–C) groups is 1. The molecular weight excluding hydrogens is 418 g/mol. The zero-order chi connectivity index (χ0) is 16.2. The number of guanidine groups is 1. The number of hydrogen-bond donors (Lipinski definition) is 2. The van der Waals surface area contributed by atoms with Gasteiger partial charge in [0, 0.05) is 20.0 Å². The molecule has 0 saturated heterocycles. The molecule has 0 aliphatic carbocycles. The quantitative estimate of drug-likeness (QED) is 0.436. The molecule has 0 unspecified atom stereocenters. The maximum Gasteiger partial charge on any atom is 0.193 e. The molecule has 23 heavy (non-hydrogen) atoms. The monoisotopic (exact) mass is 431 g/mol. The number of nitrogens with zero attached hydrogens (tertiary/aromatic N) is 1. The van der Waals surface area contributed by atoms with Gasteiger partial charge in [0.2, 0.25) is 0 Å². The Labute approximate surface area is 151 Å². The van der Waals surface area contributed by atoms with Gasteiger partial charge in [0.1, 0.15) is 0 Å². The van der Waals surface area contributed by atoms with Crippen LogP contribution in [0, 0.1) is 0 Å². The topological polar surface area (TPSA) is 50.4 Å². The lowest BCUT2D eigenvalue weighted by atomic mass is 10.1. The molecule has 0 aromatic heterocycles. The molecule has 0 amide bonds. The summed E-state index contributed by atoms with van der Waals surface area (Å²) in [5.74, 6) is 0.397. The van der Waals surface area contributed by atoms with Gasteiger partial charge >= 0.3 is 0 Å². The molecule has 0 bridgehead atoms. The van der Waals surface area contributed by atoms with Gasteiger partial charge in [0.25, 0.3) is 0 Å². The molecule has 5 heteroatoms. The van der Waals surface area contributed by atoms with Crippen LogP contribution in [0.5, 0.6) is 0 Å². The van der Waals surface area contributed by atoms with Gasteiger partial charge < -0.3 is 11.1 Å². The second kappa shape index (κ2) is 7.15. The summed E-state index contributed by atoms with van der Waals surface area (Å²) in [6, 6.07) is 20.3. The molecule has 3 rings (SSSR count). The fraction of sp³-hybridized carbons (Fsp3) is 0.0556. The zero-order valence-corrected chi connectivity index (χ0v) is 15.4. The average molecular weight is 433 g/mol. The highest BCUT2D eigenvalue weighted by Crippen LogP contribution is 2.24. The van der Waals surface area contributed by atoms with Crippen molar-refractivity contribution in [2.24, 2.45) is 10.7 Å². The van der Waals surface area contributed by atoms with Gasteiger partial charge in [-0.3, -0.25) is 0 Å². The van der Waals surface area contributed by atoms with Crippen LogP contribution in [-0.2, 0) is 6.54 Å². The molecule has 0 spiro atoms. The van der Waals surface area contributed by atoms with Crippen LogP contribution in [-0.4, -0.2) is 5.96 Å². The van der Waals surface area contributed by atoms with E-state index in [0.29, 0.717) is 12.5 Å². The molecule has 0 aliphatic heterocycles. The highest BCUT2D eigenvalue weighted by Gasteiger charge is 2.03. The van der Waals surface area contributed by atoms with E-state index in [2.05, 4.69) is 60.4 Å². The van der Waals surface area contributed by atoms with Gasteiger partial charge in [0.15, 0.2) is 5.96 Å². The Morgan fingerprint density at radius 1 is 1.00 bits per heavy atom. The van der Waals surface area contributed by atoms with E-state index in [0.717, 1.165) is 25.6 Å². The highest BCUT2D eigenvalue weighted by atomic mass is 79.9. The third-order valence-corrected chi connectivity index (χ3v) is 4.75. The van der Waals surface area contributed by atoms with Crippen molar-refractivity contribution >= 4 is 54.3 Å². The fourth-order valence-corrected chi connectivity index (χ4v) is 3.13. The second-order valence-corrected chi connectivity index (χ2v) is 6.86. The minimum atomic E-state index is 0.397. The molecule has 0 aliphatic rings. The van der Waals surface area contributed by atoms with E-state index in [9.17, 15) is 0 Å². The maximum absolute atomic E-state index is 6.04.